The zero-order chi connectivity index (χ0) is 18.7. The molecule has 0 aliphatic carbocycles. The molecule has 1 heterocycles. The van der Waals surface area contributed by atoms with Crippen LogP contribution in [-0.2, 0) is 9.59 Å². The quantitative estimate of drug-likeness (QED) is 0.613. The summed E-state index contributed by atoms with van der Waals surface area (Å²) >= 11 is 3.37. The summed E-state index contributed by atoms with van der Waals surface area (Å²) in [6.07, 6.45) is 1.43. The highest BCUT2D eigenvalue weighted by Gasteiger charge is 2.36. The fraction of sp³-hybridized carbons (Fsp3) is 0.105. The summed E-state index contributed by atoms with van der Waals surface area (Å²) < 4.78 is 6.32. The van der Waals surface area contributed by atoms with E-state index in [1.807, 2.05) is 6.92 Å². The van der Waals surface area contributed by atoms with Crippen LogP contribution in [0.4, 0.5) is 10.5 Å². The van der Waals surface area contributed by atoms with Gasteiger partial charge in [-0.05, 0) is 43.3 Å². The van der Waals surface area contributed by atoms with Gasteiger partial charge in [-0.3, -0.25) is 14.9 Å². The first-order valence-electron chi connectivity index (χ1n) is 7.90. The predicted octanol–water partition coefficient (Wildman–Crippen LogP) is 3.51. The molecule has 1 aliphatic heterocycles. The second-order valence-electron chi connectivity index (χ2n) is 5.41. The molecule has 6 nitrogen and oxygen atoms in total. The molecule has 0 saturated carbocycles. The van der Waals surface area contributed by atoms with Crippen LogP contribution >= 0.6 is 15.9 Å². The molecule has 1 aliphatic rings. The number of nitrogens with one attached hydrogen (secondary N) is 1. The van der Waals surface area contributed by atoms with E-state index in [0.29, 0.717) is 23.6 Å². The molecular formula is C19H15BrN2O4. The number of urea groups is 1. The molecule has 1 fully saturated rings. The van der Waals surface area contributed by atoms with Crippen LogP contribution in [0.5, 0.6) is 5.75 Å². The van der Waals surface area contributed by atoms with Crippen molar-refractivity contribution in [2.45, 2.75) is 6.92 Å². The Morgan fingerprint density at radius 3 is 2.54 bits per heavy atom. The van der Waals surface area contributed by atoms with Gasteiger partial charge in [-0.1, -0.05) is 34.1 Å². The number of imide groups is 2. The lowest BCUT2D eigenvalue weighted by Gasteiger charge is -2.26. The summed E-state index contributed by atoms with van der Waals surface area (Å²) in [5.41, 5.74) is 0.794. The smallest absolute Gasteiger partial charge is 0.335 e. The number of nitrogens with zero attached hydrogens (tertiary/aromatic N) is 1. The van der Waals surface area contributed by atoms with E-state index in [2.05, 4.69) is 21.2 Å². The van der Waals surface area contributed by atoms with Gasteiger partial charge in [-0.15, -0.1) is 0 Å². The van der Waals surface area contributed by atoms with Crippen molar-refractivity contribution in [2.75, 3.05) is 11.5 Å². The molecule has 3 rings (SSSR count). The standard InChI is InChI=1S/C19H15BrN2O4/c1-2-26-16-9-8-13(20)10-12(16)11-15-17(23)21-19(25)22(18(15)24)14-6-4-3-5-7-14/h3-11H,2H2,1H3,(H,21,23,25)/b15-11+. The average molecular weight is 415 g/mol. The average Bonchev–Trinajstić information content (AvgIpc) is 2.61. The number of amides is 4. The van der Waals surface area contributed by atoms with Crippen molar-refractivity contribution in [3.8, 4) is 5.75 Å². The van der Waals surface area contributed by atoms with E-state index < -0.39 is 17.8 Å². The lowest BCUT2D eigenvalue weighted by molar-refractivity contribution is -0.122. The van der Waals surface area contributed by atoms with Crippen LogP contribution in [0.1, 0.15) is 12.5 Å². The number of para-hydroxylation sites is 1. The number of halogens is 1. The minimum atomic E-state index is -0.775. The van der Waals surface area contributed by atoms with Gasteiger partial charge in [-0.25, -0.2) is 9.69 Å². The highest BCUT2D eigenvalue weighted by Crippen LogP contribution is 2.28. The van der Waals surface area contributed by atoms with Crippen LogP contribution in [0.15, 0.2) is 58.6 Å². The van der Waals surface area contributed by atoms with Gasteiger partial charge >= 0.3 is 6.03 Å². The van der Waals surface area contributed by atoms with Gasteiger partial charge in [0.05, 0.1) is 12.3 Å². The van der Waals surface area contributed by atoms with E-state index in [0.717, 1.165) is 9.37 Å². The number of carbonyl (C=O) groups is 3. The Morgan fingerprint density at radius 1 is 1.12 bits per heavy atom. The summed E-state index contributed by atoms with van der Waals surface area (Å²) in [4.78, 5) is 38.2. The maximum atomic E-state index is 12.8. The van der Waals surface area contributed by atoms with Gasteiger partial charge in [0, 0.05) is 10.0 Å². The van der Waals surface area contributed by atoms with Crippen LogP contribution < -0.4 is 15.0 Å². The second kappa shape index (κ2) is 7.53. The fourth-order valence-electron chi connectivity index (χ4n) is 2.54. The number of ether oxygens (including phenoxy) is 1. The number of anilines is 1. The van der Waals surface area contributed by atoms with Gasteiger partial charge in [0.25, 0.3) is 11.8 Å². The zero-order valence-electron chi connectivity index (χ0n) is 13.9. The molecule has 132 valence electrons. The molecule has 1 N–H and O–H groups in total. The van der Waals surface area contributed by atoms with Crippen LogP contribution in [-0.4, -0.2) is 24.5 Å². The van der Waals surface area contributed by atoms with Crippen molar-refractivity contribution in [1.29, 1.82) is 0 Å². The molecule has 2 aromatic rings. The van der Waals surface area contributed by atoms with Crippen molar-refractivity contribution in [3.05, 3.63) is 64.1 Å². The lowest BCUT2D eigenvalue weighted by Crippen LogP contribution is -2.54. The molecule has 4 amide bonds. The lowest BCUT2D eigenvalue weighted by atomic mass is 10.1. The molecule has 26 heavy (non-hydrogen) atoms. The van der Waals surface area contributed by atoms with E-state index in [9.17, 15) is 14.4 Å². The maximum absolute atomic E-state index is 12.8. The molecule has 2 aromatic carbocycles. The third-order valence-corrected chi connectivity index (χ3v) is 4.18. The third kappa shape index (κ3) is 3.52. The van der Waals surface area contributed by atoms with Gasteiger partial charge in [0.2, 0.25) is 0 Å². The first kappa shape index (κ1) is 17.9. The summed E-state index contributed by atoms with van der Waals surface area (Å²) in [5.74, 6) is -0.894. The minimum Gasteiger partial charge on any atom is -0.493 e. The van der Waals surface area contributed by atoms with Gasteiger partial charge in [-0.2, -0.15) is 0 Å². The number of hydrogen-bond donors (Lipinski definition) is 1. The zero-order valence-corrected chi connectivity index (χ0v) is 15.4. The summed E-state index contributed by atoms with van der Waals surface area (Å²) in [5, 5.41) is 2.20. The molecule has 1 saturated heterocycles. The number of benzene rings is 2. The van der Waals surface area contributed by atoms with Gasteiger partial charge in [0.15, 0.2) is 0 Å². The predicted molar refractivity (Wildman–Crippen MR) is 101 cm³/mol. The monoisotopic (exact) mass is 414 g/mol. The highest BCUT2D eigenvalue weighted by atomic mass is 79.9. The van der Waals surface area contributed by atoms with Crippen molar-refractivity contribution in [1.82, 2.24) is 5.32 Å². The summed E-state index contributed by atoms with van der Waals surface area (Å²) in [6, 6.07) is 12.9. The Morgan fingerprint density at radius 2 is 1.85 bits per heavy atom. The Bertz CT molecular complexity index is 909. The largest absolute Gasteiger partial charge is 0.493 e. The van der Waals surface area contributed by atoms with Gasteiger partial charge in [0.1, 0.15) is 11.3 Å². The molecule has 0 radical (unpaired) electrons. The SMILES string of the molecule is CCOc1ccc(Br)cc1/C=C1\C(=O)NC(=O)N(c2ccccc2)C1=O. The topological polar surface area (TPSA) is 75.7 Å². The first-order chi connectivity index (χ1) is 12.5. The Kier molecular flexibility index (Phi) is 5.18. The first-order valence-corrected chi connectivity index (χ1v) is 8.69. The molecule has 0 unspecified atom stereocenters. The van der Waals surface area contributed by atoms with Crippen molar-refractivity contribution in [3.63, 3.8) is 0 Å². The molecule has 0 spiro atoms. The normalized spacial score (nSPS) is 16.0. The number of hydrogen-bond acceptors (Lipinski definition) is 4. The molecule has 7 heteroatoms. The van der Waals surface area contributed by atoms with Crippen LogP contribution in [0.25, 0.3) is 6.08 Å². The van der Waals surface area contributed by atoms with E-state index in [4.69, 9.17) is 4.74 Å². The summed E-state index contributed by atoms with van der Waals surface area (Å²) in [7, 11) is 0. The van der Waals surface area contributed by atoms with E-state index in [1.54, 1.807) is 48.5 Å². The van der Waals surface area contributed by atoms with Crippen molar-refractivity contribution >= 4 is 45.5 Å². The van der Waals surface area contributed by atoms with Crippen molar-refractivity contribution in [2.24, 2.45) is 0 Å². The molecular weight excluding hydrogens is 400 g/mol. The van der Waals surface area contributed by atoms with Crippen LogP contribution in [0, 0.1) is 0 Å². The second-order valence-corrected chi connectivity index (χ2v) is 6.32. The Hall–Kier alpha value is -2.93. The van der Waals surface area contributed by atoms with Gasteiger partial charge < -0.3 is 4.74 Å². The van der Waals surface area contributed by atoms with E-state index in [1.165, 1.54) is 6.08 Å². The van der Waals surface area contributed by atoms with Crippen LogP contribution in [0.2, 0.25) is 0 Å². The number of barbiturate groups is 1. The Labute approximate surface area is 158 Å². The van der Waals surface area contributed by atoms with E-state index >= 15 is 0 Å². The maximum Gasteiger partial charge on any atom is 0.335 e. The van der Waals surface area contributed by atoms with Crippen molar-refractivity contribution < 1.29 is 19.1 Å². The Balaban J connectivity index is 2.05. The third-order valence-electron chi connectivity index (χ3n) is 3.69. The highest BCUT2D eigenvalue weighted by molar-refractivity contribution is 9.10. The van der Waals surface area contributed by atoms with E-state index in [-0.39, 0.29) is 5.57 Å². The molecule has 0 bridgehead atoms. The summed E-state index contributed by atoms with van der Waals surface area (Å²) in [6.45, 7) is 2.28. The number of rotatable bonds is 4. The minimum absolute atomic E-state index is 0.146. The molecule has 0 aromatic heterocycles. The fourth-order valence-corrected chi connectivity index (χ4v) is 2.92. The number of carbonyl (C=O) groups excluding carboxylic acids is 3. The van der Waals surface area contributed by atoms with Crippen LogP contribution in [0.3, 0.4) is 0 Å². The molecule has 0 atom stereocenters.